The van der Waals surface area contributed by atoms with Gasteiger partial charge in [0.05, 0.1) is 6.61 Å². The average molecular weight is 288 g/mol. The molecule has 3 N–H and O–H groups in total. The molecular formula is C15H20N4O2. The number of hydrazine groups is 1. The number of benzene rings is 1. The van der Waals surface area contributed by atoms with Crippen LogP contribution in [0.15, 0.2) is 36.7 Å². The topological polar surface area (TPSA) is 82.3 Å². The van der Waals surface area contributed by atoms with Gasteiger partial charge in [-0.25, -0.2) is 15.4 Å². The molecule has 0 saturated carbocycles. The van der Waals surface area contributed by atoms with Crippen LogP contribution in [0, 0.1) is 6.92 Å². The molecule has 112 valence electrons. The fraction of sp³-hybridized carbons (Fsp3) is 0.333. The first-order valence-electron chi connectivity index (χ1n) is 6.71. The van der Waals surface area contributed by atoms with Crippen LogP contribution < -0.4 is 16.0 Å². The maximum Gasteiger partial charge on any atom is 0.151 e. The Morgan fingerprint density at radius 3 is 2.57 bits per heavy atom. The van der Waals surface area contributed by atoms with E-state index in [0.717, 1.165) is 16.9 Å². The van der Waals surface area contributed by atoms with E-state index >= 15 is 0 Å². The molecule has 1 unspecified atom stereocenters. The van der Waals surface area contributed by atoms with Crippen LogP contribution in [0.2, 0.25) is 0 Å². The van der Waals surface area contributed by atoms with Gasteiger partial charge in [-0.3, -0.25) is 5.84 Å². The minimum Gasteiger partial charge on any atom is -0.491 e. The highest BCUT2D eigenvalue weighted by atomic mass is 16.5. The molecule has 0 aliphatic carbocycles. The van der Waals surface area contributed by atoms with Crippen LogP contribution in [0.4, 0.5) is 0 Å². The summed E-state index contributed by atoms with van der Waals surface area (Å²) in [5.74, 6) is 7.03. The maximum absolute atomic E-state index is 5.73. The summed E-state index contributed by atoms with van der Waals surface area (Å²) in [5, 5.41) is 0. The molecule has 1 aromatic carbocycles. The van der Waals surface area contributed by atoms with E-state index in [1.165, 1.54) is 0 Å². The highest BCUT2D eigenvalue weighted by Gasteiger charge is 2.19. The van der Waals surface area contributed by atoms with Crippen molar-refractivity contribution in [2.45, 2.75) is 13.0 Å². The Morgan fingerprint density at radius 2 is 1.90 bits per heavy atom. The molecule has 21 heavy (non-hydrogen) atoms. The summed E-state index contributed by atoms with van der Waals surface area (Å²) >= 11 is 0. The lowest BCUT2D eigenvalue weighted by molar-refractivity contribution is 0.145. The zero-order valence-corrected chi connectivity index (χ0v) is 12.2. The van der Waals surface area contributed by atoms with Gasteiger partial charge in [-0.2, -0.15) is 0 Å². The molecule has 2 aromatic rings. The largest absolute Gasteiger partial charge is 0.491 e. The number of aromatic nitrogens is 2. The summed E-state index contributed by atoms with van der Waals surface area (Å²) in [7, 11) is 1.64. The van der Waals surface area contributed by atoms with E-state index in [0.29, 0.717) is 19.0 Å². The lowest BCUT2D eigenvalue weighted by Crippen LogP contribution is -2.30. The highest BCUT2D eigenvalue weighted by Crippen LogP contribution is 2.27. The van der Waals surface area contributed by atoms with Crippen LogP contribution in [-0.4, -0.2) is 30.3 Å². The van der Waals surface area contributed by atoms with Crippen molar-refractivity contribution in [3.63, 3.8) is 0 Å². The number of methoxy groups -OCH3 is 1. The third kappa shape index (κ3) is 3.98. The number of hydrogen-bond acceptors (Lipinski definition) is 6. The first-order valence-corrected chi connectivity index (χ1v) is 6.71. The highest BCUT2D eigenvalue weighted by molar-refractivity contribution is 5.38. The maximum atomic E-state index is 5.73. The molecule has 0 aliphatic heterocycles. The second-order valence-corrected chi connectivity index (χ2v) is 4.60. The van der Waals surface area contributed by atoms with Gasteiger partial charge in [-0.1, -0.05) is 18.2 Å². The Kier molecular flexibility index (Phi) is 5.62. The Morgan fingerprint density at radius 1 is 1.19 bits per heavy atom. The van der Waals surface area contributed by atoms with E-state index in [9.17, 15) is 0 Å². The van der Waals surface area contributed by atoms with Crippen LogP contribution in [0.3, 0.4) is 0 Å². The Bertz CT molecular complexity index is 560. The lowest BCUT2D eigenvalue weighted by atomic mass is 10.1. The summed E-state index contributed by atoms with van der Waals surface area (Å²) in [6.07, 6.45) is 3.53. The van der Waals surface area contributed by atoms with Crippen molar-refractivity contribution in [3.8, 4) is 5.75 Å². The first-order chi connectivity index (χ1) is 10.3. The second kappa shape index (κ2) is 7.68. The smallest absolute Gasteiger partial charge is 0.151 e. The van der Waals surface area contributed by atoms with E-state index < -0.39 is 0 Å². The van der Waals surface area contributed by atoms with Gasteiger partial charge in [0.2, 0.25) is 0 Å². The second-order valence-electron chi connectivity index (χ2n) is 4.60. The van der Waals surface area contributed by atoms with E-state index in [-0.39, 0.29) is 6.04 Å². The van der Waals surface area contributed by atoms with Crippen molar-refractivity contribution >= 4 is 0 Å². The van der Waals surface area contributed by atoms with Gasteiger partial charge in [0, 0.05) is 25.1 Å². The van der Waals surface area contributed by atoms with Gasteiger partial charge in [-0.15, -0.1) is 0 Å². The van der Waals surface area contributed by atoms with Crippen LogP contribution in [-0.2, 0) is 4.74 Å². The van der Waals surface area contributed by atoms with E-state index in [4.69, 9.17) is 15.3 Å². The molecule has 0 saturated heterocycles. The Hall–Kier alpha value is -2.02. The fourth-order valence-corrected chi connectivity index (χ4v) is 1.94. The molecule has 1 aromatic heterocycles. The molecule has 0 spiro atoms. The number of nitrogens with zero attached hydrogens (tertiary/aromatic N) is 2. The molecule has 1 heterocycles. The summed E-state index contributed by atoms with van der Waals surface area (Å²) in [6, 6.07) is 7.34. The first kappa shape index (κ1) is 15.4. The minimum absolute atomic E-state index is 0.329. The predicted molar refractivity (Wildman–Crippen MR) is 79.7 cm³/mol. The molecule has 0 radical (unpaired) electrons. The SMILES string of the molecule is COCCOc1ccccc1C(NN)c1ncc(C)cn1. The number of nitrogens with one attached hydrogen (secondary N) is 1. The van der Waals surface area contributed by atoms with Gasteiger partial charge < -0.3 is 9.47 Å². The summed E-state index contributed by atoms with van der Waals surface area (Å²) in [5.41, 5.74) is 4.64. The van der Waals surface area contributed by atoms with Crippen LogP contribution in [0.5, 0.6) is 5.75 Å². The third-order valence-corrected chi connectivity index (χ3v) is 3.00. The molecule has 1 atom stereocenters. The number of aryl methyl sites for hydroxylation is 1. The van der Waals surface area contributed by atoms with Crippen LogP contribution in [0.1, 0.15) is 23.0 Å². The average Bonchev–Trinajstić information content (AvgIpc) is 2.51. The summed E-state index contributed by atoms with van der Waals surface area (Å²) in [4.78, 5) is 8.66. The predicted octanol–water partition coefficient (Wildman–Crippen LogP) is 1.36. The minimum atomic E-state index is -0.329. The van der Waals surface area contributed by atoms with E-state index in [2.05, 4.69) is 15.4 Å². The Labute approximate surface area is 124 Å². The summed E-state index contributed by atoms with van der Waals surface area (Å²) < 4.78 is 10.7. The number of para-hydroxylation sites is 1. The quantitative estimate of drug-likeness (QED) is 0.455. The molecule has 0 amide bonds. The van der Waals surface area contributed by atoms with Crippen molar-refractivity contribution in [2.24, 2.45) is 5.84 Å². The summed E-state index contributed by atoms with van der Waals surface area (Å²) in [6.45, 7) is 2.94. The zero-order chi connectivity index (χ0) is 15.1. The van der Waals surface area contributed by atoms with Gasteiger partial charge >= 0.3 is 0 Å². The normalized spacial score (nSPS) is 12.1. The molecule has 0 bridgehead atoms. The molecule has 0 fully saturated rings. The van der Waals surface area contributed by atoms with Crippen molar-refractivity contribution in [3.05, 3.63) is 53.6 Å². The third-order valence-electron chi connectivity index (χ3n) is 3.00. The lowest BCUT2D eigenvalue weighted by Gasteiger charge is -2.18. The van der Waals surface area contributed by atoms with Gasteiger partial charge in [0.25, 0.3) is 0 Å². The standard InChI is InChI=1S/C15H20N4O2/c1-11-9-17-15(18-10-11)14(19-16)12-5-3-4-6-13(12)21-8-7-20-2/h3-6,9-10,14,19H,7-8,16H2,1-2H3. The van der Waals surface area contributed by atoms with Gasteiger partial charge in [0.1, 0.15) is 18.4 Å². The van der Waals surface area contributed by atoms with Gasteiger partial charge in [-0.05, 0) is 18.6 Å². The molecule has 2 rings (SSSR count). The molecule has 6 nitrogen and oxygen atoms in total. The van der Waals surface area contributed by atoms with Crippen LogP contribution >= 0.6 is 0 Å². The zero-order valence-electron chi connectivity index (χ0n) is 12.2. The number of rotatable bonds is 7. The van der Waals surface area contributed by atoms with E-state index in [1.54, 1.807) is 19.5 Å². The number of hydrogen-bond donors (Lipinski definition) is 2. The number of ether oxygens (including phenoxy) is 2. The van der Waals surface area contributed by atoms with Crippen molar-refractivity contribution in [1.29, 1.82) is 0 Å². The fourth-order valence-electron chi connectivity index (χ4n) is 1.94. The Balaban J connectivity index is 2.27. The molecule has 0 aliphatic rings. The van der Waals surface area contributed by atoms with Crippen molar-refractivity contribution in [2.75, 3.05) is 20.3 Å². The monoisotopic (exact) mass is 288 g/mol. The van der Waals surface area contributed by atoms with Crippen molar-refractivity contribution < 1.29 is 9.47 Å². The molecule has 6 heteroatoms. The van der Waals surface area contributed by atoms with Crippen molar-refractivity contribution in [1.82, 2.24) is 15.4 Å². The number of nitrogens with two attached hydrogens (primary N) is 1. The van der Waals surface area contributed by atoms with E-state index in [1.807, 2.05) is 31.2 Å². The van der Waals surface area contributed by atoms with Crippen LogP contribution in [0.25, 0.3) is 0 Å². The van der Waals surface area contributed by atoms with Gasteiger partial charge in [0.15, 0.2) is 5.82 Å². The molecular weight excluding hydrogens is 268 g/mol.